The summed E-state index contributed by atoms with van der Waals surface area (Å²) in [6.45, 7) is 0. The monoisotopic (exact) mass is 350 g/mol. The second kappa shape index (κ2) is 5.52. The van der Waals surface area contributed by atoms with Crippen LogP contribution in [0.1, 0.15) is 11.1 Å². The molecule has 0 heterocycles. The largest absolute Gasteiger partial charge is 0.416 e. The van der Waals surface area contributed by atoms with Gasteiger partial charge in [-0.2, -0.15) is 13.2 Å². The zero-order valence-electron chi connectivity index (χ0n) is 9.94. The van der Waals surface area contributed by atoms with Gasteiger partial charge in [0.15, 0.2) is 11.6 Å². The molecule has 6 heteroatoms. The zero-order valence-corrected chi connectivity index (χ0v) is 11.5. The fraction of sp³-hybridized carbons (Fsp3) is 0.143. The van der Waals surface area contributed by atoms with Crippen LogP contribution in [0.25, 0.3) is 11.1 Å². The van der Waals surface area contributed by atoms with Crippen molar-refractivity contribution in [1.29, 1.82) is 0 Å². The molecule has 0 saturated carbocycles. The number of benzene rings is 2. The van der Waals surface area contributed by atoms with E-state index in [4.69, 9.17) is 0 Å². The molecular formula is C14H8BrF5. The summed E-state index contributed by atoms with van der Waals surface area (Å²) in [5, 5.41) is 0.0216. The first-order valence-electron chi connectivity index (χ1n) is 5.55. The molecule has 0 amide bonds. The Balaban J connectivity index is 2.62. The molecular weight excluding hydrogens is 343 g/mol. The Morgan fingerprint density at radius 2 is 1.70 bits per heavy atom. The van der Waals surface area contributed by atoms with E-state index in [0.717, 1.165) is 12.1 Å². The highest BCUT2D eigenvalue weighted by atomic mass is 79.9. The van der Waals surface area contributed by atoms with Gasteiger partial charge in [-0.05, 0) is 23.3 Å². The molecule has 0 N–H and O–H groups in total. The topological polar surface area (TPSA) is 0 Å². The van der Waals surface area contributed by atoms with Crippen molar-refractivity contribution in [3.05, 3.63) is 59.2 Å². The van der Waals surface area contributed by atoms with E-state index in [-0.39, 0.29) is 22.0 Å². The summed E-state index contributed by atoms with van der Waals surface area (Å²) in [5.41, 5.74) is -1.04. The molecule has 0 atom stereocenters. The maximum Gasteiger partial charge on any atom is 0.416 e. The number of rotatable bonds is 2. The minimum Gasteiger partial charge on any atom is -0.204 e. The second-order valence-electron chi connectivity index (χ2n) is 4.10. The fourth-order valence-corrected chi connectivity index (χ4v) is 2.34. The molecule has 2 rings (SSSR count). The molecule has 20 heavy (non-hydrogen) atoms. The van der Waals surface area contributed by atoms with Gasteiger partial charge in [0.1, 0.15) is 0 Å². The smallest absolute Gasteiger partial charge is 0.204 e. The molecule has 0 spiro atoms. The number of halogens is 6. The van der Waals surface area contributed by atoms with Crippen molar-refractivity contribution in [2.24, 2.45) is 0 Å². The highest BCUT2D eigenvalue weighted by Crippen LogP contribution is 2.36. The van der Waals surface area contributed by atoms with Crippen LogP contribution in [0, 0.1) is 11.6 Å². The lowest BCUT2D eigenvalue weighted by Gasteiger charge is -2.13. The molecule has 0 aliphatic heterocycles. The zero-order chi connectivity index (χ0) is 14.9. The molecule has 0 bridgehead atoms. The van der Waals surface area contributed by atoms with Crippen LogP contribution < -0.4 is 0 Å². The van der Waals surface area contributed by atoms with Gasteiger partial charge in [0.25, 0.3) is 0 Å². The van der Waals surface area contributed by atoms with Gasteiger partial charge in [-0.25, -0.2) is 8.78 Å². The van der Waals surface area contributed by atoms with Crippen LogP contribution in [0.15, 0.2) is 36.4 Å². The van der Waals surface area contributed by atoms with Crippen molar-refractivity contribution in [3.63, 3.8) is 0 Å². The Bertz CT molecular complexity index is 634. The van der Waals surface area contributed by atoms with Gasteiger partial charge < -0.3 is 0 Å². The van der Waals surface area contributed by atoms with Gasteiger partial charge >= 0.3 is 6.18 Å². The molecule has 0 aliphatic rings. The van der Waals surface area contributed by atoms with E-state index < -0.39 is 23.4 Å². The van der Waals surface area contributed by atoms with E-state index in [2.05, 4.69) is 15.9 Å². The van der Waals surface area contributed by atoms with Crippen molar-refractivity contribution in [1.82, 2.24) is 0 Å². The van der Waals surface area contributed by atoms with Gasteiger partial charge in [-0.1, -0.05) is 40.2 Å². The first-order valence-corrected chi connectivity index (χ1v) is 6.67. The summed E-state index contributed by atoms with van der Waals surface area (Å²) in [6, 6.07) is 6.81. The van der Waals surface area contributed by atoms with E-state index in [1.807, 2.05) is 0 Å². The lowest BCUT2D eigenvalue weighted by Crippen LogP contribution is -2.08. The standard InChI is InChI=1S/C14H8BrF5/c15-7-9-5-4-8(6-11(9)14(18,19)20)10-2-1-3-12(16)13(10)17/h1-6H,7H2. The normalized spacial score (nSPS) is 11.7. The first kappa shape index (κ1) is 15.0. The van der Waals surface area contributed by atoms with Crippen LogP contribution in [0.2, 0.25) is 0 Å². The van der Waals surface area contributed by atoms with Crippen LogP contribution in [0.4, 0.5) is 22.0 Å². The van der Waals surface area contributed by atoms with Crippen LogP contribution in [-0.2, 0) is 11.5 Å². The molecule has 2 aromatic rings. The van der Waals surface area contributed by atoms with Crippen LogP contribution in [0.3, 0.4) is 0 Å². The van der Waals surface area contributed by atoms with Crippen molar-refractivity contribution >= 4 is 15.9 Å². The molecule has 0 radical (unpaired) electrons. The summed E-state index contributed by atoms with van der Waals surface area (Å²) in [5.74, 6) is -2.26. The molecule has 0 fully saturated rings. The first-order chi connectivity index (χ1) is 9.34. The number of hydrogen-bond acceptors (Lipinski definition) is 0. The lowest BCUT2D eigenvalue weighted by molar-refractivity contribution is -0.138. The Morgan fingerprint density at radius 1 is 1.00 bits per heavy atom. The third-order valence-electron chi connectivity index (χ3n) is 2.82. The van der Waals surface area contributed by atoms with E-state index >= 15 is 0 Å². The maximum atomic E-state index is 13.6. The van der Waals surface area contributed by atoms with Gasteiger partial charge in [0.2, 0.25) is 0 Å². The van der Waals surface area contributed by atoms with Crippen molar-refractivity contribution in [3.8, 4) is 11.1 Å². The van der Waals surface area contributed by atoms with E-state index in [0.29, 0.717) is 0 Å². The Morgan fingerprint density at radius 3 is 2.30 bits per heavy atom. The summed E-state index contributed by atoms with van der Waals surface area (Å²) in [7, 11) is 0. The average molecular weight is 351 g/mol. The van der Waals surface area contributed by atoms with Crippen molar-refractivity contribution in [2.75, 3.05) is 0 Å². The average Bonchev–Trinajstić information content (AvgIpc) is 2.40. The molecule has 0 aromatic heterocycles. The predicted molar refractivity (Wildman–Crippen MR) is 69.4 cm³/mol. The molecule has 0 nitrogen and oxygen atoms in total. The quantitative estimate of drug-likeness (QED) is 0.492. The Labute approximate surface area is 120 Å². The molecule has 0 aliphatic carbocycles. The van der Waals surface area contributed by atoms with Crippen molar-refractivity contribution < 1.29 is 22.0 Å². The summed E-state index contributed by atoms with van der Waals surface area (Å²) >= 11 is 2.97. The maximum absolute atomic E-state index is 13.6. The summed E-state index contributed by atoms with van der Waals surface area (Å²) in [6.07, 6.45) is -4.55. The Hall–Kier alpha value is -1.43. The van der Waals surface area contributed by atoms with Gasteiger partial charge in [0.05, 0.1) is 5.56 Å². The van der Waals surface area contributed by atoms with Gasteiger partial charge in [0, 0.05) is 10.9 Å². The lowest BCUT2D eigenvalue weighted by atomic mass is 9.99. The van der Waals surface area contributed by atoms with Gasteiger partial charge in [-0.3, -0.25) is 0 Å². The fourth-order valence-electron chi connectivity index (χ4n) is 1.85. The van der Waals surface area contributed by atoms with E-state index in [1.165, 1.54) is 24.3 Å². The molecule has 0 saturated heterocycles. The number of hydrogen-bond donors (Lipinski definition) is 0. The van der Waals surface area contributed by atoms with Crippen LogP contribution in [0.5, 0.6) is 0 Å². The van der Waals surface area contributed by atoms with Gasteiger partial charge in [-0.15, -0.1) is 0 Å². The molecule has 106 valence electrons. The molecule has 2 aromatic carbocycles. The van der Waals surface area contributed by atoms with E-state index in [9.17, 15) is 22.0 Å². The second-order valence-corrected chi connectivity index (χ2v) is 4.67. The van der Waals surface area contributed by atoms with Crippen LogP contribution in [-0.4, -0.2) is 0 Å². The predicted octanol–water partition coefficient (Wildman–Crippen LogP) is 5.55. The van der Waals surface area contributed by atoms with Crippen LogP contribution >= 0.6 is 15.9 Å². The highest BCUT2D eigenvalue weighted by molar-refractivity contribution is 9.08. The number of alkyl halides is 4. The summed E-state index contributed by atoms with van der Waals surface area (Å²) < 4.78 is 65.5. The third-order valence-corrected chi connectivity index (χ3v) is 3.43. The summed E-state index contributed by atoms with van der Waals surface area (Å²) in [4.78, 5) is 0. The third kappa shape index (κ3) is 2.85. The Kier molecular flexibility index (Phi) is 4.13. The minimum atomic E-state index is -4.55. The SMILES string of the molecule is Fc1cccc(-c2ccc(CBr)c(C(F)(F)F)c2)c1F. The highest BCUT2D eigenvalue weighted by Gasteiger charge is 2.33. The van der Waals surface area contributed by atoms with Crippen molar-refractivity contribution in [2.45, 2.75) is 11.5 Å². The minimum absolute atomic E-state index is 0.0148. The van der Waals surface area contributed by atoms with E-state index in [1.54, 1.807) is 0 Å². The molecule has 0 unspecified atom stereocenters.